The van der Waals surface area contributed by atoms with Crippen LogP contribution in [0.4, 0.5) is 0 Å². The number of hydroxylamine groups is 1. The van der Waals surface area contributed by atoms with E-state index in [9.17, 15) is 0 Å². The predicted molar refractivity (Wildman–Crippen MR) is 66.4 cm³/mol. The van der Waals surface area contributed by atoms with E-state index in [1.165, 1.54) is 43.4 Å². The second-order valence-electron chi connectivity index (χ2n) is 5.13. The molecule has 1 heterocycles. The normalized spacial score (nSPS) is 24.8. The predicted octanol–water partition coefficient (Wildman–Crippen LogP) is 2.92. The zero-order chi connectivity index (χ0) is 11.5. The Labute approximate surface area is 103 Å². The Morgan fingerprint density at radius 2 is 2.06 bits per heavy atom. The van der Waals surface area contributed by atoms with Crippen molar-refractivity contribution in [2.24, 2.45) is 0 Å². The second kappa shape index (κ2) is 5.15. The SMILES string of the molecule is c1cnc2c(c1)CCCC2NOC1CCCC1. The van der Waals surface area contributed by atoms with Crippen LogP contribution in [0.5, 0.6) is 0 Å². The zero-order valence-electron chi connectivity index (χ0n) is 10.2. The summed E-state index contributed by atoms with van der Waals surface area (Å²) in [5.41, 5.74) is 5.83. The lowest BCUT2D eigenvalue weighted by Crippen LogP contribution is -2.29. The molecule has 0 saturated heterocycles. The van der Waals surface area contributed by atoms with E-state index in [0.717, 1.165) is 12.8 Å². The van der Waals surface area contributed by atoms with E-state index in [-0.39, 0.29) is 0 Å². The Hall–Kier alpha value is -0.930. The van der Waals surface area contributed by atoms with Gasteiger partial charge in [-0.1, -0.05) is 18.9 Å². The minimum atomic E-state index is 0.292. The number of nitrogens with zero attached hydrogens (tertiary/aromatic N) is 1. The zero-order valence-corrected chi connectivity index (χ0v) is 10.2. The summed E-state index contributed by atoms with van der Waals surface area (Å²) in [6.07, 6.45) is 10.9. The molecule has 0 bridgehead atoms. The van der Waals surface area contributed by atoms with E-state index in [1.54, 1.807) is 0 Å². The molecular formula is C14H20N2O. The van der Waals surface area contributed by atoms with Gasteiger partial charge in [0.05, 0.1) is 17.8 Å². The molecule has 1 aromatic heterocycles. The van der Waals surface area contributed by atoms with Crippen LogP contribution in [0.2, 0.25) is 0 Å². The van der Waals surface area contributed by atoms with E-state index in [1.807, 2.05) is 12.3 Å². The van der Waals surface area contributed by atoms with Gasteiger partial charge in [-0.05, 0) is 43.7 Å². The average molecular weight is 232 g/mol. The highest BCUT2D eigenvalue weighted by Gasteiger charge is 2.23. The van der Waals surface area contributed by atoms with Gasteiger partial charge in [-0.3, -0.25) is 9.82 Å². The van der Waals surface area contributed by atoms with Crippen LogP contribution in [-0.2, 0) is 11.3 Å². The average Bonchev–Trinajstić information content (AvgIpc) is 2.89. The van der Waals surface area contributed by atoms with Gasteiger partial charge < -0.3 is 0 Å². The lowest BCUT2D eigenvalue weighted by atomic mass is 9.92. The van der Waals surface area contributed by atoms with Gasteiger partial charge in [-0.25, -0.2) is 0 Å². The summed E-state index contributed by atoms with van der Waals surface area (Å²) in [5.74, 6) is 0. The van der Waals surface area contributed by atoms with Crippen molar-refractivity contribution in [3.05, 3.63) is 29.6 Å². The van der Waals surface area contributed by atoms with Gasteiger partial charge in [0.2, 0.25) is 0 Å². The Morgan fingerprint density at radius 3 is 2.94 bits per heavy atom. The maximum absolute atomic E-state index is 5.81. The van der Waals surface area contributed by atoms with E-state index in [2.05, 4.69) is 16.5 Å². The van der Waals surface area contributed by atoms with Gasteiger partial charge in [0.1, 0.15) is 0 Å². The molecular weight excluding hydrogens is 212 g/mol. The molecule has 3 nitrogen and oxygen atoms in total. The Morgan fingerprint density at radius 1 is 1.18 bits per heavy atom. The summed E-state index contributed by atoms with van der Waals surface area (Å²) >= 11 is 0. The third-order valence-electron chi connectivity index (χ3n) is 3.87. The molecule has 0 radical (unpaired) electrons. The van der Waals surface area contributed by atoms with Crippen molar-refractivity contribution in [3.63, 3.8) is 0 Å². The number of hydrogen-bond acceptors (Lipinski definition) is 3. The highest BCUT2D eigenvalue weighted by Crippen LogP contribution is 2.28. The molecule has 1 aromatic rings. The molecule has 1 saturated carbocycles. The summed E-state index contributed by atoms with van der Waals surface area (Å²) in [4.78, 5) is 10.3. The first kappa shape index (κ1) is 11.2. The first-order valence-electron chi connectivity index (χ1n) is 6.78. The van der Waals surface area contributed by atoms with Crippen molar-refractivity contribution < 1.29 is 4.84 Å². The molecule has 0 amide bonds. The monoisotopic (exact) mass is 232 g/mol. The fraction of sp³-hybridized carbons (Fsp3) is 0.643. The summed E-state index contributed by atoms with van der Waals surface area (Å²) in [6.45, 7) is 0. The van der Waals surface area contributed by atoms with E-state index in [0.29, 0.717) is 12.1 Å². The lowest BCUT2D eigenvalue weighted by molar-refractivity contribution is -0.0444. The van der Waals surface area contributed by atoms with Crippen LogP contribution in [0.1, 0.15) is 55.8 Å². The molecule has 1 N–H and O–H groups in total. The van der Waals surface area contributed by atoms with E-state index in [4.69, 9.17) is 4.84 Å². The maximum Gasteiger partial charge on any atom is 0.0790 e. The van der Waals surface area contributed by atoms with Crippen LogP contribution in [0, 0.1) is 0 Å². The quantitative estimate of drug-likeness (QED) is 0.814. The molecule has 1 fully saturated rings. The summed E-state index contributed by atoms with van der Waals surface area (Å²) in [7, 11) is 0. The Kier molecular flexibility index (Phi) is 3.39. The molecule has 17 heavy (non-hydrogen) atoms. The molecule has 3 heteroatoms. The molecule has 92 valence electrons. The molecule has 2 aliphatic rings. The largest absolute Gasteiger partial charge is 0.298 e. The van der Waals surface area contributed by atoms with Crippen molar-refractivity contribution >= 4 is 0 Å². The number of aromatic nitrogens is 1. The minimum Gasteiger partial charge on any atom is -0.298 e. The molecule has 1 atom stereocenters. The third-order valence-corrected chi connectivity index (χ3v) is 3.87. The number of fused-ring (bicyclic) bond motifs is 1. The second-order valence-corrected chi connectivity index (χ2v) is 5.13. The van der Waals surface area contributed by atoms with Crippen LogP contribution in [0.3, 0.4) is 0 Å². The standard InChI is InChI=1S/C14H20N2O/c1-2-8-12(7-1)17-16-13-9-3-5-11-6-4-10-15-14(11)13/h4,6,10,12-13,16H,1-3,5,7-9H2. The fourth-order valence-electron chi connectivity index (χ4n) is 2.91. The van der Waals surface area contributed by atoms with E-state index < -0.39 is 0 Å². The molecule has 0 aliphatic heterocycles. The topological polar surface area (TPSA) is 34.2 Å². The van der Waals surface area contributed by atoms with Gasteiger partial charge in [-0.15, -0.1) is 0 Å². The van der Waals surface area contributed by atoms with Gasteiger partial charge in [0.15, 0.2) is 0 Å². The molecule has 0 aromatic carbocycles. The van der Waals surface area contributed by atoms with Crippen molar-refractivity contribution in [2.45, 2.75) is 57.1 Å². The smallest absolute Gasteiger partial charge is 0.0790 e. The molecule has 3 rings (SSSR count). The lowest BCUT2D eigenvalue weighted by Gasteiger charge is -2.26. The van der Waals surface area contributed by atoms with Crippen molar-refractivity contribution in [2.75, 3.05) is 0 Å². The number of aryl methyl sites for hydroxylation is 1. The van der Waals surface area contributed by atoms with Crippen LogP contribution in [0.15, 0.2) is 18.3 Å². The molecule has 1 unspecified atom stereocenters. The Balaban J connectivity index is 1.64. The van der Waals surface area contributed by atoms with Gasteiger partial charge in [-0.2, -0.15) is 5.48 Å². The van der Waals surface area contributed by atoms with E-state index >= 15 is 0 Å². The summed E-state index contributed by atoms with van der Waals surface area (Å²) in [6, 6.07) is 4.51. The van der Waals surface area contributed by atoms with Gasteiger partial charge >= 0.3 is 0 Å². The fourth-order valence-corrected chi connectivity index (χ4v) is 2.91. The maximum atomic E-state index is 5.81. The van der Waals surface area contributed by atoms with Crippen molar-refractivity contribution in [1.82, 2.24) is 10.5 Å². The van der Waals surface area contributed by atoms with Gasteiger partial charge in [0, 0.05) is 6.20 Å². The van der Waals surface area contributed by atoms with Gasteiger partial charge in [0.25, 0.3) is 0 Å². The first-order chi connectivity index (χ1) is 8.43. The summed E-state index contributed by atoms with van der Waals surface area (Å²) < 4.78 is 0. The van der Waals surface area contributed by atoms with Crippen LogP contribution >= 0.6 is 0 Å². The van der Waals surface area contributed by atoms with Crippen molar-refractivity contribution in [1.29, 1.82) is 0 Å². The molecule has 0 spiro atoms. The third kappa shape index (κ3) is 2.50. The number of hydrogen-bond donors (Lipinski definition) is 1. The minimum absolute atomic E-state index is 0.292. The molecule has 2 aliphatic carbocycles. The number of rotatable bonds is 3. The highest BCUT2D eigenvalue weighted by atomic mass is 16.7. The van der Waals surface area contributed by atoms with Crippen LogP contribution in [-0.4, -0.2) is 11.1 Å². The first-order valence-corrected chi connectivity index (χ1v) is 6.78. The number of nitrogens with one attached hydrogen (secondary N) is 1. The van der Waals surface area contributed by atoms with Crippen molar-refractivity contribution in [3.8, 4) is 0 Å². The van der Waals surface area contributed by atoms with Crippen LogP contribution in [0.25, 0.3) is 0 Å². The Bertz CT molecular complexity index is 374. The highest BCUT2D eigenvalue weighted by molar-refractivity contribution is 5.25. The summed E-state index contributed by atoms with van der Waals surface area (Å²) in [5, 5.41) is 0. The van der Waals surface area contributed by atoms with Crippen LogP contribution < -0.4 is 5.48 Å². The number of pyridine rings is 1.